The van der Waals surface area contributed by atoms with Gasteiger partial charge in [-0.2, -0.15) is 0 Å². The standard InChI is InChI=1S/C23H20N2O4S/c1-27-16-9-6-15(7-10-16)25-22(26)20(24-23(25)30)13-19-18-12-17(28-2)8-4-14(18)5-11-21(19)29-3/h4-13H,1-3H3,(H,24,30)/b20-13+. The van der Waals surface area contributed by atoms with Crippen LogP contribution in [0.15, 0.2) is 60.3 Å². The molecule has 0 unspecified atom stereocenters. The Labute approximate surface area is 179 Å². The molecule has 152 valence electrons. The first-order valence-corrected chi connectivity index (χ1v) is 9.62. The summed E-state index contributed by atoms with van der Waals surface area (Å²) in [5, 5.41) is 5.25. The van der Waals surface area contributed by atoms with Crippen LogP contribution in [0.4, 0.5) is 5.69 Å². The maximum atomic E-state index is 13.1. The Morgan fingerprint density at radius 1 is 0.900 bits per heavy atom. The molecule has 1 aliphatic heterocycles. The fourth-order valence-corrected chi connectivity index (χ4v) is 3.70. The number of fused-ring (bicyclic) bond motifs is 1. The molecule has 1 saturated heterocycles. The zero-order valence-electron chi connectivity index (χ0n) is 16.8. The van der Waals surface area contributed by atoms with Crippen molar-refractivity contribution in [1.29, 1.82) is 0 Å². The zero-order chi connectivity index (χ0) is 21.3. The molecule has 30 heavy (non-hydrogen) atoms. The van der Waals surface area contributed by atoms with Crippen molar-refractivity contribution in [2.24, 2.45) is 0 Å². The first kappa shape index (κ1) is 19.7. The highest BCUT2D eigenvalue weighted by Crippen LogP contribution is 2.33. The number of amides is 1. The van der Waals surface area contributed by atoms with Gasteiger partial charge in [0.1, 0.15) is 22.9 Å². The Hall–Kier alpha value is -3.58. The molecular formula is C23H20N2O4S. The topological polar surface area (TPSA) is 60.0 Å². The second kappa shape index (κ2) is 8.04. The van der Waals surface area contributed by atoms with Crippen molar-refractivity contribution in [2.75, 3.05) is 26.2 Å². The molecule has 1 heterocycles. The number of anilines is 1. The lowest BCUT2D eigenvalue weighted by Crippen LogP contribution is -2.30. The lowest BCUT2D eigenvalue weighted by Gasteiger charge is -2.14. The van der Waals surface area contributed by atoms with Crippen LogP contribution in [0.25, 0.3) is 16.8 Å². The molecule has 0 radical (unpaired) electrons. The number of carbonyl (C=O) groups is 1. The smallest absolute Gasteiger partial charge is 0.281 e. The van der Waals surface area contributed by atoms with E-state index in [0.29, 0.717) is 28.0 Å². The number of methoxy groups -OCH3 is 3. The van der Waals surface area contributed by atoms with Crippen LogP contribution in [0.3, 0.4) is 0 Å². The highest BCUT2D eigenvalue weighted by atomic mass is 32.1. The summed E-state index contributed by atoms with van der Waals surface area (Å²) in [6.07, 6.45) is 1.76. The maximum absolute atomic E-state index is 13.1. The Morgan fingerprint density at radius 2 is 1.57 bits per heavy atom. The van der Waals surface area contributed by atoms with Gasteiger partial charge < -0.3 is 19.5 Å². The zero-order valence-corrected chi connectivity index (χ0v) is 17.6. The summed E-state index contributed by atoms with van der Waals surface area (Å²) >= 11 is 5.42. The van der Waals surface area contributed by atoms with Crippen LogP contribution in [0.2, 0.25) is 0 Å². The maximum Gasteiger partial charge on any atom is 0.281 e. The number of hydrogen-bond acceptors (Lipinski definition) is 5. The van der Waals surface area contributed by atoms with Crippen molar-refractivity contribution in [1.82, 2.24) is 5.32 Å². The van der Waals surface area contributed by atoms with Crippen LogP contribution >= 0.6 is 12.2 Å². The van der Waals surface area contributed by atoms with E-state index in [1.807, 2.05) is 30.3 Å². The van der Waals surface area contributed by atoms with Crippen molar-refractivity contribution in [3.63, 3.8) is 0 Å². The third kappa shape index (κ3) is 3.44. The average Bonchev–Trinajstić information content (AvgIpc) is 3.06. The van der Waals surface area contributed by atoms with Gasteiger partial charge in [-0.1, -0.05) is 12.1 Å². The van der Waals surface area contributed by atoms with Crippen molar-refractivity contribution >= 4 is 45.8 Å². The Kier molecular flexibility index (Phi) is 5.29. The fraction of sp³-hybridized carbons (Fsp3) is 0.130. The van der Waals surface area contributed by atoms with Gasteiger partial charge in [-0.05, 0) is 71.5 Å². The Balaban J connectivity index is 1.78. The number of hydrogen-bond donors (Lipinski definition) is 1. The van der Waals surface area contributed by atoms with Crippen LogP contribution in [-0.4, -0.2) is 32.3 Å². The lowest BCUT2D eigenvalue weighted by molar-refractivity contribution is -0.113. The third-order valence-electron chi connectivity index (χ3n) is 4.95. The highest BCUT2D eigenvalue weighted by Gasteiger charge is 2.32. The molecule has 0 saturated carbocycles. The molecule has 0 bridgehead atoms. The van der Waals surface area contributed by atoms with E-state index in [1.165, 1.54) is 4.90 Å². The Bertz CT molecular complexity index is 1170. The summed E-state index contributed by atoms with van der Waals surface area (Å²) in [4.78, 5) is 14.6. The summed E-state index contributed by atoms with van der Waals surface area (Å²) in [7, 11) is 4.81. The fourth-order valence-electron chi connectivity index (χ4n) is 3.40. The van der Waals surface area contributed by atoms with E-state index in [2.05, 4.69) is 5.32 Å². The van der Waals surface area contributed by atoms with Crippen LogP contribution in [-0.2, 0) is 4.79 Å². The number of carbonyl (C=O) groups excluding carboxylic acids is 1. The monoisotopic (exact) mass is 420 g/mol. The van der Waals surface area contributed by atoms with Gasteiger partial charge in [0, 0.05) is 5.56 Å². The van der Waals surface area contributed by atoms with E-state index in [9.17, 15) is 4.79 Å². The molecule has 1 fully saturated rings. The van der Waals surface area contributed by atoms with Crippen molar-refractivity contribution in [2.45, 2.75) is 0 Å². The molecule has 1 aliphatic rings. The van der Waals surface area contributed by atoms with Crippen LogP contribution in [0.5, 0.6) is 17.2 Å². The van der Waals surface area contributed by atoms with Crippen LogP contribution in [0, 0.1) is 0 Å². The SMILES string of the molecule is COc1ccc(N2C(=O)/C(=C\c3c(OC)ccc4ccc(OC)cc34)NC2=S)cc1. The highest BCUT2D eigenvalue weighted by molar-refractivity contribution is 7.80. The number of nitrogens with zero attached hydrogens (tertiary/aromatic N) is 1. The summed E-state index contributed by atoms with van der Waals surface area (Å²) in [5.41, 5.74) is 1.79. The molecule has 1 amide bonds. The molecule has 1 N–H and O–H groups in total. The molecule has 6 nitrogen and oxygen atoms in total. The minimum Gasteiger partial charge on any atom is -0.497 e. The molecule has 0 aromatic heterocycles. The van der Waals surface area contributed by atoms with Gasteiger partial charge in [0.2, 0.25) is 0 Å². The van der Waals surface area contributed by atoms with Gasteiger partial charge in [-0.3, -0.25) is 9.69 Å². The normalized spacial score (nSPS) is 14.9. The second-order valence-corrected chi connectivity index (χ2v) is 6.98. The van der Waals surface area contributed by atoms with Crippen molar-refractivity contribution in [3.8, 4) is 17.2 Å². The van der Waals surface area contributed by atoms with E-state index in [1.54, 1.807) is 51.7 Å². The van der Waals surface area contributed by atoms with Gasteiger partial charge in [0.15, 0.2) is 5.11 Å². The summed E-state index contributed by atoms with van der Waals surface area (Å²) in [6, 6.07) is 16.8. The molecule has 0 spiro atoms. The summed E-state index contributed by atoms with van der Waals surface area (Å²) < 4.78 is 16.1. The summed E-state index contributed by atoms with van der Waals surface area (Å²) in [5.74, 6) is 1.82. The predicted molar refractivity (Wildman–Crippen MR) is 121 cm³/mol. The number of rotatable bonds is 5. The molecule has 4 rings (SSSR count). The minimum atomic E-state index is -0.243. The van der Waals surface area contributed by atoms with Gasteiger partial charge in [0.05, 0.1) is 27.0 Å². The Morgan fingerprint density at radius 3 is 2.23 bits per heavy atom. The predicted octanol–water partition coefficient (Wildman–Crippen LogP) is 4.13. The van der Waals surface area contributed by atoms with E-state index in [-0.39, 0.29) is 5.91 Å². The van der Waals surface area contributed by atoms with Crippen molar-refractivity contribution < 1.29 is 19.0 Å². The van der Waals surface area contributed by atoms with Gasteiger partial charge >= 0.3 is 0 Å². The third-order valence-corrected chi connectivity index (χ3v) is 5.23. The summed E-state index contributed by atoms with van der Waals surface area (Å²) in [6.45, 7) is 0. The molecule has 3 aromatic rings. The van der Waals surface area contributed by atoms with Crippen LogP contribution in [0.1, 0.15) is 5.56 Å². The van der Waals surface area contributed by atoms with Gasteiger partial charge in [-0.15, -0.1) is 0 Å². The van der Waals surface area contributed by atoms with Gasteiger partial charge in [0.25, 0.3) is 5.91 Å². The number of ether oxygens (including phenoxy) is 3. The van der Waals surface area contributed by atoms with E-state index in [4.69, 9.17) is 26.4 Å². The van der Waals surface area contributed by atoms with E-state index >= 15 is 0 Å². The van der Waals surface area contributed by atoms with E-state index in [0.717, 1.165) is 22.1 Å². The largest absolute Gasteiger partial charge is 0.497 e. The van der Waals surface area contributed by atoms with Gasteiger partial charge in [-0.25, -0.2) is 0 Å². The number of benzene rings is 3. The second-order valence-electron chi connectivity index (χ2n) is 6.60. The molecule has 3 aromatic carbocycles. The van der Waals surface area contributed by atoms with Crippen molar-refractivity contribution in [3.05, 3.63) is 65.9 Å². The molecule has 7 heteroatoms. The number of thiocarbonyl (C=S) groups is 1. The molecule has 0 atom stereocenters. The first-order valence-electron chi connectivity index (χ1n) is 9.21. The van der Waals surface area contributed by atoms with Crippen LogP contribution < -0.4 is 24.4 Å². The average molecular weight is 420 g/mol. The molecule has 0 aliphatic carbocycles. The first-order chi connectivity index (χ1) is 14.5. The number of nitrogens with one attached hydrogen (secondary N) is 1. The van der Waals surface area contributed by atoms with E-state index < -0.39 is 0 Å². The molecular weight excluding hydrogens is 400 g/mol. The quantitative estimate of drug-likeness (QED) is 0.495. The minimum absolute atomic E-state index is 0.243. The lowest BCUT2D eigenvalue weighted by atomic mass is 10.0.